The van der Waals surface area contributed by atoms with Crippen molar-refractivity contribution in [1.82, 2.24) is 4.98 Å². The van der Waals surface area contributed by atoms with Gasteiger partial charge in [-0.2, -0.15) is 5.26 Å². The van der Waals surface area contributed by atoms with Gasteiger partial charge in [-0.15, -0.1) is 0 Å². The van der Waals surface area contributed by atoms with Crippen LogP contribution in [0, 0.1) is 39.0 Å². The van der Waals surface area contributed by atoms with Crippen molar-refractivity contribution < 1.29 is 13.7 Å². The minimum absolute atomic E-state index is 0.0103. The summed E-state index contributed by atoms with van der Waals surface area (Å²) in [7, 11) is 0. The van der Waals surface area contributed by atoms with Crippen LogP contribution in [0.3, 0.4) is 0 Å². The first-order valence-corrected chi connectivity index (χ1v) is 8.22. The summed E-state index contributed by atoms with van der Waals surface area (Å²) in [6.07, 6.45) is 3.51. The van der Waals surface area contributed by atoms with E-state index in [0.29, 0.717) is 19.5 Å². The molecule has 0 unspecified atom stereocenters. The second kappa shape index (κ2) is 7.44. The van der Waals surface area contributed by atoms with Crippen molar-refractivity contribution >= 4 is 11.5 Å². The molecule has 134 valence electrons. The van der Waals surface area contributed by atoms with Crippen LogP contribution in [0.4, 0.5) is 20.3 Å². The summed E-state index contributed by atoms with van der Waals surface area (Å²) in [6, 6.07) is 7.08. The third-order valence-corrected chi connectivity index (χ3v) is 4.63. The Labute approximate surface area is 148 Å². The van der Waals surface area contributed by atoms with Crippen LogP contribution in [-0.2, 0) is 6.42 Å². The highest BCUT2D eigenvalue weighted by molar-refractivity contribution is 5.65. The maximum atomic E-state index is 13.3. The number of nitro groups is 1. The number of nitriles is 1. The molecule has 8 heteroatoms. The molecular formula is C18H16F2N4O2. The Balaban J connectivity index is 1.70. The average Bonchev–Trinajstić information content (AvgIpc) is 2.64. The van der Waals surface area contributed by atoms with Gasteiger partial charge < -0.3 is 4.90 Å². The molecule has 0 saturated carbocycles. The van der Waals surface area contributed by atoms with Crippen molar-refractivity contribution in [3.05, 3.63) is 63.3 Å². The summed E-state index contributed by atoms with van der Waals surface area (Å²) in [5.74, 6) is -1.23. The number of piperidine rings is 1. The minimum atomic E-state index is -0.862. The summed E-state index contributed by atoms with van der Waals surface area (Å²) >= 11 is 0. The fourth-order valence-corrected chi connectivity index (χ4v) is 3.29. The lowest BCUT2D eigenvalue weighted by molar-refractivity contribution is -0.384. The molecule has 0 aliphatic carbocycles. The fraction of sp³-hybridized carbons (Fsp3) is 0.333. The average molecular weight is 358 g/mol. The zero-order valence-electron chi connectivity index (χ0n) is 13.9. The van der Waals surface area contributed by atoms with E-state index in [1.807, 2.05) is 6.07 Å². The van der Waals surface area contributed by atoms with Crippen LogP contribution in [0.25, 0.3) is 0 Å². The van der Waals surface area contributed by atoms with Gasteiger partial charge >= 0.3 is 5.69 Å². The molecule has 0 radical (unpaired) electrons. The molecule has 2 aromatic rings. The number of halogens is 2. The van der Waals surface area contributed by atoms with Crippen LogP contribution >= 0.6 is 0 Å². The third kappa shape index (κ3) is 3.61. The van der Waals surface area contributed by atoms with Crippen LogP contribution in [0.15, 0.2) is 30.5 Å². The number of hydrogen-bond acceptors (Lipinski definition) is 5. The molecule has 1 aromatic heterocycles. The minimum Gasteiger partial charge on any atom is -0.351 e. The van der Waals surface area contributed by atoms with E-state index in [2.05, 4.69) is 4.98 Å². The largest absolute Gasteiger partial charge is 0.351 e. The normalized spacial score (nSPS) is 14.9. The van der Waals surface area contributed by atoms with Crippen LogP contribution < -0.4 is 4.90 Å². The summed E-state index contributed by atoms with van der Waals surface area (Å²) in [4.78, 5) is 16.7. The Morgan fingerprint density at radius 3 is 2.62 bits per heavy atom. The van der Waals surface area contributed by atoms with Crippen LogP contribution in [0.2, 0.25) is 0 Å². The van der Waals surface area contributed by atoms with E-state index in [4.69, 9.17) is 5.26 Å². The predicted molar refractivity (Wildman–Crippen MR) is 90.6 cm³/mol. The first-order valence-electron chi connectivity index (χ1n) is 8.22. The SMILES string of the molecule is N#Cc1ccnc(N2CCC(Cc3ccc(F)c(F)c3)CC2)c1[N+](=O)[O-]. The number of pyridine rings is 1. The zero-order chi connectivity index (χ0) is 18.7. The first-order chi connectivity index (χ1) is 12.5. The predicted octanol–water partition coefficient (Wildman–Crippen LogP) is 3.60. The van der Waals surface area contributed by atoms with Crippen LogP contribution in [0.1, 0.15) is 24.0 Å². The Morgan fingerprint density at radius 1 is 1.27 bits per heavy atom. The van der Waals surface area contributed by atoms with E-state index in [-0.39, 0.29) is 23.0 Å². The summed E-state index contributed by atoms with van der Waals surface area (Å²) in [5.41, 5.74) is 0.455. The molecule has 1 aromatic carbocycles. The number of aromatic nitrogens is 1. The zero-order valence-corrected chi connectivity index (χ0v) is 13.9. The highest BCUT2D eigenvalue weighted by Gasteiger charge is 2.28. The molecule has 1 aliphatic rings. The standard InChI is InChI=1S/C18H16F2N4O2/c19-15-2-1-13(10-16(15)20)9-12-4-7-23(8-5-12)18-17(24(25)26)14(11-21)3-6-22-18/h1-3,6,10,12H,4-5,7-9H2. The van der Waals surface area contributed by atoms with Gasteiger partial charge in [0, 0.05) is 19.3 Å². The highest BCUT2D eigenvalue weighted by Crippen LogP contribution is 2.32. The van der Waals surface area contributed by atoms with Gasteiger partial charge in [0.05, 0.1) is 4.92 Å². The molecule has 6 nitrogen and oxygen atoms in total. The maximum absolute atomic E-state index is 13.3. The van der Waals surface area contributed by atoms with Gasteiger partial charge in [-0.05, 0) is 48.9 Å². The molecule has 1 aliphatic heterocycles. The maximum Gasteiger partial charge on any atom is 0.329 e. The Morgan fingerprint density at radius 2 is 2.00 bits per heavy atom. The van der Waals surface area contributed by atoms with Gasteiger partial charge in [-0.1, -0.05) is 6.07 Å². The number of rotatable bonds is 4. The molecule has 26 heavy (non-hydrogen) atoms. The molecule has 2 heterocycles. The molecule has 0 bridgehead atoms. The summed E-state index contributed by atoms with van der Waals surface area (Å²) in [6.45, 7) is 1.11. The lowest BCUT2D eigenvalue weighted by Crippen LogP contribution is -2.35. The topological polar surface area (TPSA) is 83.1 Å². The molecule has 0 spiro atoms. The van der Waals surface area contributed by atoms with Crippen LogP contribution in [0.5, 0.6) is 0 Å². The van der Waals surface area contributed by atoms with Gasteiger partial charge in [-0.3, -0.25) is 10.1 Å². The molecule has 0 amide bonds. The van der Waals surface area contributed by atoms with E-state index < -0.39 is 16.6 Å². The Hall–Kier alpha value is -3.08. The van der Waals surface area contributed by atoms with Gasteiger partial charge in [0.15, 0.2) is 11.6 Å². The Bertz CT molecular complexity index is 874. The second-order valence-electron chi connectivity index (χ2n) is 6.28. The van der Waals surface area contributed by atoms with E-state index in [1.165, 1.54) is 18.3 Å². The monoisotopic (exact) mass is 358 g/mol. The number of nitrogens with zero attached hydrogens (tertiary/aromatic N) is 4. The van der Waals surface area contributed by atoms with Crippen molar-refractivity contribution in [2.24, 2.45) is 5.92 Å². The van der Waals surface area contributed by atoms with Crippen molar-refractivity contribution in [2.45, 2.75) is 19.3 Å². The van der Waals surface area contributed by atoms with E-state index in [9.17, 15) is 18.9 Å². The molecule has 1 fully saturated rings. The molecule has 1 saturated heterocycles. The lowest BCUT2D eigenvalue weighted by atomic mass is 9.90. The van der Waals surface area contributed by atoms with Crippen molar-refractivity contribution in [3.8, 4) is 6.07 Å². The fourth-order valence-electron chi connectivity index (χ4n) is 3.29. The number of hydrogen-bond donors (Lipinski definition) is 0. The molecule has 0 atom stereocenters. The smallest absolute Gasteiger partial charge is 0.329 e. The summed E-state index contributed by atoms with van der Waals surface area (Å²) in [5, 5.41) is 20.4. The first kappa shape index (κ1) is 17.7. The Kier molecular flexibility index (Phi) is 5.07. The second-order valence-corrected chi connectivity index (χ2v) is 6.28. The third-order valence-electron chi connectivity index (χ3n) is 4.63. The highest BCUT2D eigenvalue weighted by atomic mass is 19.2. The van der Waals surface area contributed by atoms with Gasteiger partial charge in [-0.25, -0.2) is 13.8 Å². The van der Waals surface area contributed by atoms with E-state index in [1.54, 1.807) is 11.0 Å². The lowest BCUT2D eigenvalue weighted by Gasteiger charge is -2.32. The molecule has 3 rings (SSSR count). The van der Waals surface area contributed by atoms with Crippen molar-refractivity contribution in [2.75, 3.05) is 18.0 Å². The molecule has 0 N–H and O–H groups in total. The van der Waals surface area contributed by atoms with E-state index in [0.717, 1.165) is 24.5 Å². The van der Waals surface area contributed by atoms with Crippen LogP contribution in [-0.4, -0.2) is 23.0 Å². The van der Waals surface area contributed by atoms with E-state index >= 15 is 0 Å². The van der Waals surface area contributed by atoms with Crippen molar-refractivity contribution in [3.63, 3.8) is 0 Å². The van der Waals surface area contributed by atoms with Gasteiger partial charge in [0.2, 0.25) is 5.82 Å². The summed E-state index contributed by atoms with van der Waals surface area (Å²) < 4.78 is 26.3. The molecular weight excluding hydrogens is 342 g/mol. The number of anilines is 1. The number of benzene rings is 1. The van der Waals surface area contributed by atoms with Gasteiger partial charge in [0.1, 0.15) is 11.6 Å². The quantitative estimate of drug-likeness (QED) is 0.616. The van der Waals surface area contributed by atoms with Gasteiger partial charge in [0.25, 0.3) is 0 Å². The van der Waals surface area contributed by atoms with Crippen molar-refractivity contribution in [1.29, 1.82) is 5.26 Å².